The van der Waals surface area contributed by atoms with Gasteiger partial charge in [-0.05, 0) is 68.0 Å². The Kier molecular flexibility index (Phi) is 6.79. The lowest BCUT2D eigenvalue weighted by Gasteiger charge is -2.14. The lowest BCUT2D eigenvalue weighted by Crippen LogP contribution is -2.13. The number of ether oxygens (including phenoxy) is 1. The van der Waals surface area contributed by atoms with Crippen LogP contribution in [0.15, 0.2) is 47.0 Å². The molecule has 1 atom stereocenters. The third kappa shape index (κ3) is 5.30. The number of aryl methyl sites for hydroxylation is 2. The van der Waals surface area contributed by atoms with E-state index in [1.54, 1.807) is 6.07 Å². The molecular weight excluding hydrogens is 419 g/mol. The molecule has 0 aliphatic carbocycles. The lowest BCUT2D eigenvalue weighted by atomic mass is 9.97. The van der Waals surface area contributed by atoms with Crippen molar-refractivity contribution in [3.8, 4) is 17.1 Å². The largest absolute Gasteiger partial charge is 0.494 e. The molecule has 8 heteroatoms. The normalized spacial score (nSPS) is 16.4. The molecular formula is C24H26F3N3O2. The summed E-state index contributed by atoms with van der Waals surface area (Å²) in [5, 5.41) is 7.15. The van der Waals surface area contributed by atoms with Gasteiger partial charge in [-0.15, -0.1) is 0 Å². The highest BCUT2D eigenvalue weighted by atomic mass is 19.4. The van der Waals surface area contributed by atoms with Gasteiger partial charge >= 0.3 is 6.18 Å². The van der Waals surface area contributed by atoms with Gasteiger partial charge in [0.15, 0.2) is 0 Å². The number of hydrogen-bond acceptors (Lipinski definition) is 5. The minimum atomic E-state index is -4.47. The van der Waals surface area contributed by atoms with E-state index < -0.39 is 11.7 Å². The van der Waals surface area contributed by atoms with E-state index in [4.69, 9.17) is 9.26 Å². The Morgan fingerprint density at radius 3 is 2.62 bits per heavy atom. The van der Waals surface area contributed by atoms with Gasteiger partial charge in [-0.1, -0.05) is 36.3 Å². The minimum absolute atomic E-state index is 0.0311. The van der Waals surface area contributed by atoms with Gasteiger partial charge in [0, 0.05) is 5.56 Å². The predicted molar refractivity (Wildman–Crippen MR) is 114 cm³/mol. The number of nitrogens with zero attached hydrogens (tertiary/aromatic N) is 2. The quantitative estimate of drug-likeness (QED) is 0.478. The summed E-state index contributed by atoms with van der Waals surface area (Å²) in [4.78, 5) is 4.32. The summed E-state index contributed by atoms with van der Waals surface area (Å²) in [6, 6.07) is 11.7. The van der Waals surface area contributed by atoms with Gasteiger partial charge in [-0.3, -0.25) is 0 Å². The van der Waals surface area contributed by atoms with Crippen LogP contribution in [0.5, 0.6) is 5.75 Å². The Balaban J connectivity index is 1.50. The fourth-order valence-corrected chi connectivity index (χ4v) is 3.84. The van der Waals surface area contributed by atoms with Gasteiger partial charge in [0.1, 0.15) is 5.75 Å². The van der Waals surface area contributed by atoms with Crippen molar-refractivity contribution < 1.29 is 22.4 Å². The third-order valence-electron chi connectivity index (χ3n) is 5.55. The molecule has 1 saturated heterocycles. The standard InChI is InChI=1S/C24H26F3N3O2/c1-2-14-31-19-11-6-16(7-12-19)5-8-17-9-10-18(15-20(17)24(25,26)27)22-29-23(32-30-22)21-4-3-13-28-21/h6-7,9-12,15,21,28H,2-5,8,13-14H2,1H3. The molecule has 3 aromatic rings. The maximum atomic E-state index is 13.8. The predicted octanol–water partition coefficient (Wildman–Crippen LogP) is 5.75. The maximum Gasteiger partial charge on any atom is 0.416 e. The molecule has 0 saturated carbocycles. The molecule has 5 nitrogen and oxygen atoms in total. The van der Waals surface area contributed by atoms with Crippen LogP contribution in [-0.4, -0.2) is 23.3 Å². The zero-order valence-electron chi connectivity index (χ0n) is 17.9. The average molecular weight is 445 g/mol. The van der Waals surface area contributed by atoms with Crippen LogP contribution in [0.25, 0.3) is 11.4 Å². The van der Waals surface area contributed by atoms with E-state index in [1.165, 1.54) is 6.07 Å². The lowest BCUT2D eigenvalue weighted by molar-refractivity contribution is -0.138. The second-order valence-electron chi connectivity index (χ2n) is 7.97. The van der Waals surface area contributed by atoms with Crippen LogP contribution in [0.3, 0.4) is 0 Å². The Morgan fingerprint density at radius 1 is 1.12 bits per heavy atom. The van der Waals surface area contributed by atoms with Crippen molar-refractivity contribution in [3.63, 3.8) is 0 Å². The van der Waals surface area contributed by atoms with E-state index in [0.29, 0.717) is 24.5 Å². The van der Waals surface area contributed by atoms with Gasteiger partial charge in [-0.25, -0.2) is 0 Å². The topological polar surface area (TPSA) is 60.2 Å². The van der Waals surface area contributed by atoms with Crippen LogP contribution in [-0.2, 0) is 19.0 Å². The van der Waals surface area contributed by atoms with E-state index in [0.717, 1.165) is 43.2 Å². The Morgan fingerprint density at radius 2 is 1.94 bits per heavy atom. The summed E-state index contributed by atoms with van der Waals surface area (Å²) in [6.45, 7) is 3.53. The van der Waals surface area contributed by atoms with Crippen molar-refractivity contribution in [1.82, 2.24) is 15.5 Å². The molecule has 1 fully saturated rings. The zero-order chi connectivity index (χ0) is 22.6. The number of halogens is 3. The van der Waals surface area contributed by atoms with Gasteiger partial charge < -0.3 is 14.6 Å². The molecule has 4 rings (SSSR count). The summed E-state index contributed by atoms with van der Waals surface area (Å²) >= 11 is 0. The molecule has 1 unspecified atom stereocenters. The number of rotatable bonds is 8. The molecule has 0 spiro atoms. The maximum absolute atomic E-state index is 13.8. The van der Waals surface area contributed by atoms with Gasteiger partial charge in [0.2, 0.25) is 11.7 Å². The second-order valence-corrected chi connectivity index (χ2v) is 7.97. The first-order valence-corrected chi connectivity index (χ1v) is 10.9. The monoisotopic (exact) mass is 445 g/mol. The van der Waals surface area contributed by atoms with Crippen molar-refractivity contribution in [1.29, 1.82) is 0 Å². The van der Waals surface area contributed by atoms with Crippen LogP contribution in [0.1, 0.15) is 54.8 Å². The highest BCUT2D eigenvalue weighted by Crippen LogP contribution is 2.35. The van der Waals surface area contributed by atoms with Crippen LogP contribution in [0, 0.1) is 0 Å². The summed E-state index contributed by atoms with van der Waals surface area (Å²) < 4.78 is 52.2. The van der Waals surface area contributed by atoms with Gasteiger partial charge in [-0.2, -0.15) is 18.2 Å². The number of nitrogens with one attached hydrogen (secondary N) is 1. The SMILES string of the molecule is CCCOc1ccc(CCc2ccc(-c3noc(C4CCCN4)n3)cc2C(F)(F)F)cc1. The summed E-state index contributed by atoms with van der Waals surface area (Å²) in [5.41, 5.74) is 0.835. The second kappa shape index (κ2) is 9.73. The number of alkyl halides is 3. The fourth-order valence-electron chi connectivity index (χ4n) is 3.84. The molecule has 32 heavy (non-hydrogen) atoms. The first-order valence-electron chi connectivity index (χ1n) is 10.9. The number of benzene rings is 2. The van der Waals surface area contributed by atoms with Crippen molar-refractivity contribution in [2.24, 2.45) is 0 Å². The molecule has 1 aromatic heterocycles. The first-order chi connectivity index (χ1) is 15.4. The van der Waals surface area contributed by atoms with Crippen LogP contribution >= 0.6 is 0 Å². The summed E-state index contributed by atoms with van der Waals surface area (Å²) in [7, 11) is 0. The Hall–Kier alpha value is -2.87. The van der Waals surface area contributed by atoms with E-state index in [1.807, 2.05) is 31.2 Å². The first kappa shape index (κ1) is 22.3. The van der Waals surface area contributed by atoms with E-state index in [2.05, 4.69) is 15.5 Å². The molecule has 1 N–H and O–H groups in total. The number of aromatic nitrogens is 2. The van der Waals surface area contributed by atoms with E-state index >= 15 is 0 Å². The van der Waals surface area contributed by atoms with Crippen LogP contribution in [0.4, 0.5) is 13.2 Å². The summed E-state index contributed by atoms with van der Waals surface area (Å²) in [6.07, 6.45) is -0.906. The Bertz CT molecular complexity index is 1030. The van der Waals surface area contributed by atoms with Gasteiger partial charge in [0.25, 0.3) is 0 Å². The summed E-state index contributed by atoms with van der Waals surface area (Å²) in [5.74, 6) is 1.36. The third-order valence-corrected chi connectivity index (χ3v) is 5.55. The van der Waals surface area contributed by atoms with Gasteiger partial charge in [0.05, 0.1) is 18.2 Å². The zero-order valence-corrected chi connectivity index (χ0v) is 17.9. The van der Waals surface area contributed by atoms with Crippen molar-refractivity contribution in [2.75, 3.05) is 13.2 Å². The minimum Gasteiger partial charge on any atom is -0.494 e. The molecule has 0 radical (unpaired) electrons. The molecule has 0 bridgehead atoms. The molecule has 0 amide bonds. The smallest absolute Gasteiger partial charge is 0.416 e. The van der Waals surface area contributed by atoms with Crippen molar-refractivity contribution in [3.05, 3.63) is 65.0 Å². The average Bonchev–Trinajstić information content (AvgIpc) is 3.48. The number of hydrogen-bond donors (Lipinski definition) is 1. The van der Waals surface area contributed by atoms with Crippen LogP contribution in [0.2, 0.25) is 0 Å². The Labute approximate surface area is 185 Å². The van der Waals surface area contributed by atoms with E-state index in [-0.39, 0.29) is 23.9 Å². The van der Waals surface area contributed by atoms with Crippen molar-refractivity contribution >= 4 is 0 Å². The molecule has 1 aliphatic rings. The molecule has 2 aromatic carbocycles. The molecule has 170 valence electrons. The molecule has 1 aliphatic heterocycles. The highest BCUT2D eigenvalue weighted by Gasteiger charge is 2.34. The molecule has 2 heterocycles. The van der Waals surface area contributed by atoms with E-state index in [9.17, 15) is 13.2 Å². The van der Waals surface area contributed by atoms with Crippen LogP contribution < -0.4 is 10.1 Å². The highest BCUT2D eigenvalue weighted by molar-refractivity contribution is 5.57. The van der Waals surface area contributed by atoms with Crippen molar-refractivity contribution in [2.45, 2.75) is 51.2 Å². The fraction of sp³-hybridized carbons (Fsp3) is 0.417.